The molecule has 10 heteroatoms. The van der Waals surface area contributed by atoms with Crippen LogP contribution in [0.15, 0.2) is 47.4 Å². The van der Waals surface area contributed by atoms with Gasteiger partial charge in [0.25, 0.3) is 0 Å². The van der Waals surface area contributed by atoms with Gasteiger partial charge in [-0.15, -0.1) is 0 Å². The molecular formula is C19H12F6O3S. The summed E-state index contributed by atoms with van der Waals surface area (Å²) in [5.74, 6) is -1.18. The van der Waals surface area contributed by atoms with E-state index in [1.807, 2.05) is 0 Å². The van der Waals surface area contributed by atoms with E-state index in [9.17, 15) is 35.9 Å². The highest BCUT2D eigenvalue weighted by Gasteiger charge is 2.47. The fourth-order valence-corrected chi connectivity index (χ4v) is 3.43. The smallest absolute Gasteiger partial charge is 0.416 e. The van der Waals surface area contributed by atoms with Crippen molar-refractivity contribution in [3.8, 4) is 5.75 Å². The van der Waals surface area contributed by atoms with E-state index in [4.69, 9.17) is 0 Å². The van der Waals surface area contributed by atoms with Crippen molar-refractivity contribution < 1.29 is 40.7 Å². The van der Waals surface area contributed by atoms with Crippen molar-refractivity contribution in [3.05, 3.63) is 59.2 Å². The Balaban J connectivity index is 1.65. The van der Waals surface area contributed by atoms with E-state index in [2.05, 4.69) is 4.74 Å². The molecule has 1 heterocycles. The lowest BCUT2D eigenvalue weighted by Crippen LogP contribution is -2.34. The molecule has 0 saturated carbocycles. The zero-order valence-electron chi connectivity index (χ0n) is 14.4. The number of Topliss-reactive ketones (excluding diaryl/α,β-unsaturated/α-hetero) is 2. The van der Waals surface area contributed by atoms with Crippen LogP contribution >= 0.6 is 11.8 Å². The number of carbonyl (C=O) groups excluding carboxylic acids is 2. The van der Waals surface area contributed by atoms with Crippen molar-refractivity contribution in [1.29, 1.82) is 0 Å². The monoisotopic (exact) mass is 434 g/mol. The number of fused-ring (bicyclic) bond motifs is 1. The summed E-state index contributed by atoms with van der Waals surface area (Å²) in [6.07, 6.45) is -7.87. The van der Waals surface area contributed by atoms with Gasteiger partial charge in [0.1, 0.15) is 5.75 Å². The summed E-state index contributed by atoms with van der Waals surface area (Å²) in [6.45, 7) is 0. The molecule has 0 fully saturated rings. The van der Waals surface area contributed by atoms with Crippen molar-refractivity contribution in [2.45, 2.75) is 35.5 Å². The van der Waals surface area contributed by atoms with E-state index in [0.717, 1.165) is 30.3 Å². The second-order valence-corrected chi connectivity index (χ2v) is 7.37. The molecule has 0 saturated heterocycles. The molecule has 0 radical (unpaired) electrons. The number of hydrogen-bond donors (Lipinski definition) is 0. The molecule has 2 aromatic rings. The Kier molecular flexibility index (Phi) is 5.66. The first-order valence-electron chi connectivity index (χ1n) is 8.22. The minimum atomic E-state index is -4.52. The van der Waals surface area contributed by atoms with Crippen LogP contribution in [0.1, 0.15) is 39.1 Å². The van der Waals surface area contributed by atoms with E-state index < -0.39 is 34.9 Å². The highest BCUT2D eigenvalue weighted by molar-refractivity contribution is 8.00. The molecule has 1 atom stereocenters. The maximum atomic E-state index is 13.4. The molecular weight excluding hydrogens is 422 g/mol. The van der Waals surface area contributed by atoms with Gasteiger partial charge in [-0.2, -0.15) is 26.3 Å². The number of hydrogen-bond acceptors (Lipinski definition) is 4. The fourth-order valence-electron chi connectivity index (χ4n) is 2.59. The second kappa shape index (κ2) is 7.74. The van der Waals surface area contributed by atoms with E-state index >= 15 is 0 Å². The molecule has 3 rings (SSSR count). The number of ketones is 2. The summed E-state index contributed by atoms with van der Waals surface area (Å²) in [4.78, 5) is 24.3. The first-order chi connectivity index (χ1) is 13.5. The standard InChI is InChI=1S/C19H12F6O3S/c20-17-19(24,25)29-16-9-11(3-8-15(16)28-17)14(27)7-6-13(26)10-1-4-12(5-2-10)18(21,22)23/h1-5,8-9,17H,6-7H2. The van der Waals surface area contributed by atoms with Gasteiger partial charge < -0.3 is 4.74 Å². The summed E-state index contributed by atoms with van der Waals surface area (Å²) >= 11 is -0.0660. The van der Waals surface area contributed by atoms with E-state index in [1.54, 1.807) is 0 Å². The van der Waals surface area contributed by atoms with E-state index in [-0.39, 0.29) is 46.4 Å². The van der Waals surface area contributed by atoms with Crippen LogP contribution in [0.2, 0.25) is 0 Å². The zero-order chi connectivity index (χ0) is 21.4. The van der Waals surface area contributed by atoms with Gasteiger partial charge in [0.05, 0.1) is 10.5 Å². The molecule has 1 unspecified atom stereocenters. The number of carbonyl (C=O) groups is 2. The van der Waals surface area contributed by atoms with Gasteiger partial charge in [0.15, 0.2) is 11.6 Å². The molecule has 0 amide bonds. The third-order valence-corrected chi connectivity index (χ3v) is 5.12. The van der Waals surface area contributed by atoms with Crippen molar-refractivity contribution in [2.75, 3.05) is 0 Å². The summed E-state index contributed by atoms with van der Waals surface area (Å²) in [5, 5.41) is -3.80. The molecule has 2 aromatic carbocycles. The summed E-state index contributed by atoms with van der Waals surface area (Å²) < 4.78 is 82.2. The summed E-state index contributed by atoms with van der Waals surface area (Å²) in [7, 11) is 0. The number of halogens is 6. The Labute approximate surface area is 165 Å². The highest BCUT2D eigenvalue weighted by atomic mass is 32.2. The van der Waals surface area contributed by atoms with Crippen LogP contribution in [-0.4, -0.2) is 23.2 Å². The Morgan fingerprint density at radius 2 is 1.52 bits per heavy atom. The van der Waals surface area contributed by atoms with E-state index in [0.29, 0.717) is 0 Å². The van der Waals surface area contributed by atoms with Gasteiger partial charge in [-0.05, 0) is 42.1 Å². The van der Waals surface area contributed by atoms with Crippen LogP contribution in [0.5, 0.6) is 5.75 Å². The number of thioether (sulfide) groups is 1. The highest BCUT2D eigenvalue weighted by Crippen LogP contribution is 2.49. The quantitative estimate of drug-likeness (QED) is 0.433. The predicted molar refractivity (Wildman–Crippen MR) is 92.1 cm³/mol. The molecule has 0 N–H and O–H groups in total. The summed E-state index contributed by atoms with van der Waals surface area (Å²) in [5.41, 5.74) is -0.840. The topological polar surface area (TPSA) is 43.4 Å². The van der Waals surface area contributed by atoms with Crippen LogP contribution in [0.25, 0.3) is 0 Å². The van der Waals surface area contributed by atoms with Gasteiger partial charge in [-0.25, -0.2) is 0 Å². The number of ether oxygens (including phenoxy) is 1. The summed E-state index contributed by atoms with van der Waals surface area (Å²) in [6, 6.07) is 7.18. The van der Waals surface area contributed by atoms with Crippen molar-refractivity contribution in [2.24, 2.45) is 0 Å². The molecule has 154 valence electrons. The van der Waals surface area contributed by atoms with Crippen LogP contribution in [0.3, 0.4) is 0 Å². The Hall–Kier alpha value is -2.49. The molecule has 1 aliphatic heterocycles. The molecule has 29 heavy (non-hydrogen) atoms. The second-order valence-electron chi connectivity index (χ2n) is 6.18. The fraction of sp³-hybridized carbons (Fsp3) is 0.263. The molecule has 3 nitrogen and oxygen atoms in total. The lowest BCUT2D eigenvalue weighted by molar-refractivity contribution is -0.137. The lowest BCUT2D eigenvalue weighted by Gasteiger charge is -2.27. The molecule has 0 aliphatic carbocycles. The largest absolute Gasteiger partial charge is 0.452 e. The average Bonchev–Trinajstić information content (AvgIpc) is 2.65. The molecule has 0 spiro atoms. The van der Waals surface area contributed by atoms with Crippen LogP contribution in [0.4, 0.5) is 26.3 Å². The van der Waals surface area contributed by atoms with Crippen molar-refractivity contribution >= 4 is 23.3 Å². The number of benzene rings is 2. The Morgan fingerprint density at radius 1 is 0.966 bits per heavy atom. The molecule has 0 bridgehead atoms. The molecule has 0 aromatic heterocycles. The van der Waals surface area contributed by atoms with Gasteiger partial charge in [-0.1, -0.05) is 12.1 Å². The normalized spacial score (nSPS) is 17.9. The van der Waals surface area contributed by atoms with Gasteiger partial charge in [-0.3, -0.25) is 9.59 Å². The number of alkyl halides is 6. The average molecular weight is 434 g/mol. The predicted octanol–water partition coefficient (Wildman–Crippen LogP) is 5.92. The first-order valence-corrected chi connectivity index (χ1v) is 9.04. The maximum absolute atomic E-state index is 13.4. The maximum Gasteiger partial charge on any atom is 0.416 e. The van der Waals surface area contributed by atoms with Gasteiger partial charge in [0, 0.05) is 24.0 Å². The third kappa shape index (κ3) is 4.75. The minimum Gasteiger partial charge on any atom is -0.452 e. The van der Waals surface area contributed by atoms with Gasteiger partial charge >= 0.3 is 17.8 Å². The van der Waals surface area contributed by atoms with Crippen molar-refractivity contribution in [3.63, 3.8) is 0 Å². The Bertz CT molecular complexity index is 940. The minimum absolute atomic E-state index is 0.0221. The third-order valence-electron chi connectivity index (χ3n) is 4.12. The Morgan fingerprint density at radius 3 is 2.10 bits per heavy atom. The zero-order valence-corrected chi connectivity index (χ0v) is 15.3. The van der Waals surface area contributed by atoms with Gasteiger partial charge in [0.2, 0.25) is 0 Å². The lowest BCUT2D eigenvalue weighted by atomic mass is 10.0. The van der Waals surface area contributed by atoms with Crippen LogP contribution < -0.4 is 4.74 Å². The SMILES string of the molecule is O=C(CCC(=O)c1ccc2c(c1)SC(F)(F)C(F)O2)c1ccc(C(F)(F)F)cc1. The van der Waals surface area contributed by atoms with Crippen LogP contribution in [0, 0.1) is 0 Å². The van der Waals surface area contributed by atoms with Crippen LogP contribution in [-0.2, 0) is 6.18 Å². The number of rotatable bonds is 5. The first kappa shape index (κ1) is 21.2. The molecule has 1 aliphatic rings. The van der Waals surface area contributed by atoms with E-state index in [1.165, 1.54) is 12.1 Å². The van der Waals surface area contributed by atoms with Crippen molar-refractivity contribution in [1.82, 2.24) is 0 Å².